The van der Waals surface area contributed by atoms with Gasteiger partial charge in [-0.05, 0) is 32.0 Å². The van der Waals surface area contributed by atoms with Crippen molar-refractivity contribution in [3.63, 3.8) is 0 Å². The van der Waals surface area contributed by atoms with Crippen LogP contribution >= 0.6 is 0 Å². The summed E-state index contributed by atoms with van der Waals surface area (Å²) in [5, 5.41) is 5.20. The molecule has 4 N–H and O–H groups in total. The van der Waals surface area contributed by atoms with Crippen molar-refractivity contribution in [3.8, 4) is 0 Å². The molecule has 1 rings (SSSR count). The molecule has 6 heteroatoms. The van der Waals surface area contributed by atoms with Crippen LogP contribution in [0, 0.1) is 0 Å². The van der Waals surface area contributed by atoms with E-state index in [2.05, 4.69) is 10.6 Å². The first kappa shape index (κ1) is 13.2. The van der Waals surface area contributed by atoms with Gasteiger partial charge < -0.3 is 20.8 Å². The Morgan fingerprint density at radius 2 is 2.29 bits per heavy atom. The Morgan fingerprint density at radius 3 is 2.88 bits per heavy atom. The van der Waals surface area contributed by atoms with E-state index in [0.717, 1.165) is 0 Å². The maximum Gasteiger partial charge on any atom is 0.287 e. The van der Waals surface area contributed by atoms with Crippen LogP contribution in [0.25, 0.3) is 0 Å². The molecule has 1 heterocycles. The Hall–Kier alpha value is -1.82. The predicted molar refractivity (Wildman–Crippen MR) is 62.3 cm³/mol. The summed E-state index contributed by atoms with van der Waals surface area (Å²) < 4.78 is 4.91. The summed E-state index contributed by atoms with van der Waals surface area (Å²) in [4.78, 5) is 23.1. The lowest BCUT2D eigenvalue weighted by molar-refractivity contribution is -0.122. The van der Waals surface area contributed by atoms with Gasteiger partial charge >= 0.3 is 0 Å². The minimum Gasteiger partial charge on any atom is -0.459 e. The molecule has 0 saturated heterocycles. The van der Waals surface area contributed by atoms with Crippen molar-refractivity contribution in [1.29, 1.82) is 0 Å². The molecule has 0 fully saturated rings. The molecule has 0 aliphatic rings. The van der Waals surface area contributed by atoms with Crippen LogP contribution in [0.2, 0.25) is 0 Å². The average molecular weight is 239 g/mol. The number of nitrogens with two attached hydrogens (primary N) is 1. The molecule has 1 unspecified atom stereocenters. The molecule has 0 aliphatic carbocycles. The van der Waals surface area contributed by atoms with Crippen LogP contribution in [-0.2, 0) is 4.79 Å². The van der Waals surface area contributed by atoms with Gasteiger partial charge in [-0.2, -0.15) is 0 Å². The van der Waals surface area contributed by atoms with E-state index >= 15 is 0 Å². The summed E-state index contributed by atoms with van der Waals surface area (Å²) in [6.07, 6.45) is 2.12. The molecule has 0 radical (unpaired) electrons. The number of carbonyl (C=O) groups is 2. The lowest BCUT2D eigenvalue weighted by Gasteiger charge is -2.12. The highest BCUT2D eigenvalue weighted by Gasteiger charge is 2.17. The molecule has 0 aliphatic heterocycles. The number of nitrogens with one attached hydrogen (secondary N) is 2. The third kappa shape index (κ3) is 4.28. The maximum atomic E-state index is 11.5. The van der Waals surface area contributed by atoms with Gasteiger partial charge in [-0.3, -0.25) is 9.59 Å². The smallest absolute Gasteiger partial charge is 0.287 e. The minimum atomic E-state index is -0.606. The Balaban J connectivity index is 2.35. The van der Waals surface area contributed by atoms with Crippen molar-refractivity contribution in [2.24, 2.45) is 5.73 Å². The average Bonchev–Trinajstić information content (AvgIpc) is 2.82. The van der Waals surface area contributed by atoms with Crippen LogP contribution in [-0.4, -0.2) is 30.9 Å². The topological polar surface area (TPSA) is 97.4 Å². The van der Waals surface area contributed by atoms with Crippen molar-refractivity contribution < 1.29 is 14.0 Å². The monoisotopic (exact) mass is 239 g/mol. The van der Waals surface area contributed by atoms with Crippen molar-refractivity contribution in [3.05, 3.63) is 24.2 Å². The van der Waals surface area contributed by atoms with E-state index in [1.54, 1.807) is 13.0 Å². The molecule has 1 aromatic rings. The number of hydrogen-bond donors (Lipinski definition) is 3. The van der Waals surface area contributed by atoms with Gasteiger partial charge in [0.25, 0.3) is 5.91 Å². The van der Waals surface area contributed by atoms with Crippen LogP contribution in [0.5, 0.6) is 0 Å². The van der Waals surface area contributed by atoms with Crippen LogP contribution < -0.4 is 16.4 Å². The third-order valence-corrected chi connectivity index (χ3v) is 2.17. The SMILES string of the molecule is CC(NC(=O)c1ccco1)C(=O)NCCCN. The van der Waals surface area contributed by atoms with E-state index < -0.39 is 11.9 Å². The van der Waals surface area contributed by atoms with E-state index in [1.807, 2.05) is 0 Å². The molecule has 1 atom stereocenters. The van der Waals surface area contributed by atoms with Crippen molar-refractivity contribution in [1.82, 2.24) is 10.6 Å². The maximum absolute atomic E-state index is 11.5. The molecule has 2 amide bonds. The molecule has 6 nitrogen and oxygen atoms in total. The zero-order valence-electron chi connectivity index (χ0n) is 9.73. The number of hydrogen-bond acceptors (Lipinski definition) is 4. The van der Waals surface area contributed by atoms with E-state index in [9.17, 15) is 9.59 Å². The molecule has 0 spiro atoms. The highest BCUT2D eigenvalue weighted by Crippen LogP contribution is 1.99. The van der Waals surface area contributed by atoms with E-state index in [1.165, 1.54) is 12.3 Å². The fourth-order valence-electron chi connectivity index (χ4n) is 1.21. The molecule has 0 saturated carbocycles. The van der Waals surface area contributed by atoms with Gasteiger partial charge in [0, 0.05) is 6.54 Å². The largest absolute Gasteiger partial charge is 0.459 e. The standard InChI is InChI=1S/C11H17N3O3/c1-8(10(15)13-6-3-5-12)14-11(16)9-4-2-7-17-9/h2,4,7-8H,3,5-6,12H2,1H3,(H,13,15)(H,14,16). The van der Waals surface area contributed by atoms with Crippen molar-refractivity contribution in [2.45, 2.75) is 19.4 Å². The molecular weight excluding hydrogens is 222 g/mol. The molecule has 0 bridgehead atoms. The van der Waals surface area contributed by atoms with Gasteiger partial charge in [0.15, 0.2) is 5.76 Å². The summed E-state index contributed by atoms with van der Waals surface area (Å²) in [5.41, 5.74) is 5.30. The number of rotatable bonds is 6. The van der Waals surface area contributed by atoms with Crippen molar-refractivity contribution in [2.75, 3.05) is 13.1 Å². The fourth-order valence-corrected chi connectivity index (χ4v) is 1.21. The molecular formula is C11H17N3O3. The first-order valence-corrected chi connectivity index (χ1v) is 5.47. The zero-order chi connectivity index (χ0) is 12.7. The summed E-state index contributed by atoms with van der Waals surface area (Å²) in [6, 6.07) is 2.54. The summed E-state index contributed by atoms with van der Waals surface area (Å²) in [7, 11) is 0. The first-order chi connectivity index (χ1) is 8.15. The summed E-state index contributed by atoms with van der Waals surface area (Å²) in [6.45, 7) is 2.64. The number of furan rings is 1. The van der Waals surface area contributed by atoms with Gasteiger partial charge in [0.1, 0.15) is 6.04 Å². The van der Waals surface area contributed by atoms with Gasteiger partial charge in [0.2, 0.25) is 5.91 Å². The lowest BCUT2D eigenvalue weighted by atomic mass is 10.3. The van der Waals surface area contributed by atoms with Gasteiger partial charge in [-0.1, -0.05) is 0 Å². The van der Waals surface area contributed by atoms with E-state index in [0.29, 0.717) is 19.5 Å². The highest BCUT2D eigenvalue weighted by molar-refractivity contribution is 5.95. The van der Waals surface area contributed by atoms with Crippen LogP contribution in [0.1, 0.15) is 23.9 Å². The Bertz CT molecular complexity index is 362. The summed E-state index contributed by atoms with van der Waals surface area (Å²) >= 11 is 0. The van der Waals surface area contributed by atoms with E-state index in [-0.39, 0.29) is 11.7 Å². The highest BCUT2D eigenvalue weighted by atomic mass is 16.3. The van der Waals surface area contributed by atoms with Gasteiger partial charge in [-0.25, -0.2) is 0 Å². The Kier molecular flexibility index (Phi) is 5.22. The second kappa shape index (κ2) is 6.70. The molecule has 0 aromatic carbocycles. The predicted octanol–water partition coefficient (Wildman–Crippen LogP) is -0.137. The number of carbonyl (C=O) groups excluding carboxylic acids is 2. The first-order valence-electron chi connectivity index (χ1n) is 5.47. The van der Waals surface area contributed by atoms with Crippen LogP contribution in [0.3, 0.4) is 0 Å². The summed E-state index contributed by atoms with van der Waals surface area (Å²) in [5.74, 6) is -0.457. The molecule has 17 heavy (non-hydrogen) atoms. The van der Waals surface area contributed by atoms with E-state index in [4.69, 9.17) is 10.2 Å². The third-order valence-electron chi connectivity index (χ3n) is 2.17. The van der Waals surface area contributed by atoms with Crippen molar-refractivity contribution >= 4 is 11.8 Å². The normalized spacial score (nSPS) is 11.9. The minimum absolute atomic E-state index is 0.187. The molecule has 1 aromatic heterocycles. The Labute approximate surface area is 99.5 Å². The second-order valence-corrected chi connectivity index (χ2v) is 3.61. The fraction of sp³-hybridized carbons (Fsp3) is 0.455. The number of amides is 2. The zero-order valence-corrected chi connectivity index (χ0v) is 9.73. The lowest BCUT2D eigenvalue weighted by Crippen LogP contribution is -2.45. The van der Waals surface area contributed by atoms with Crippen LogP contribution in [0.4, 0.5) is 0 Å². The van der Waals surface area contributed by atoms with Gasteiger partial charge in [-0.15, -0.1) is 0 Å². The molecule has 94 valence electrons. The van der Waals surface area contributed by atoms with Gasteiger partial charge in [0.05, 0.1) is 6.26 Å². The van der Waals surface area contributed by atoms with Crippen LogP contribution in [0.15, 0.2) is 22.8 Å². The second-order valence-electron chi connectivity index (χ2n) is 3.61. The quantitative estimate of drug-likeness (QED) is 0.602. The Morgan fingerprint density at radius 1 is 1.53 bits per heavy atom.